The van der Waals surface area contributed by atoms with Crippen LogP contribution in [-0.2, 0) is 28.1 Å². The second-order valence-electron chi connectivity index (χ2n) is 10.00. The van der Waals surface area contributed by atoms with E-state index in [1.54, 1.807) is 0 Å². The fourth-order valence-corrected chi connectivity index (χ4v) is 7.10. The molecule has 1 aromatic carbocycles. The fourth-order valence-electron chi connectivity index (χ4n) is 5.33. The van der Waals surface area contributed by atoms with Crippen molar-refractivity contribution < 1.29 is 45.2 Å². The number of amides is 2. The van der Waals surface area contributed by atoms with E-state index in [0.717, 1.165) is 23.5 Å². The van der Waals surface area contributed by atoms with Crippen molar-refractivity contribution in [2.75, 3.05) is 13.1 Å². The van der Waals surface area contributed by atoms with Gasteiger partial charge in [-0.1, -0.05) is 28.4 Å². The molecule has 0 spiro atoms. The van der Waals surface area contributed by atoms with Crippen LogP contribution in [0.4, 0.5) is 30.7 Å². The summed E-state index contributed by atoms with van der Waals surface area (Å²) in [4.78, 5) is 31.8. The van der Waals surface area contributed by atoms with Crippen molar-refractivity contribution in [3.8, 4) is 0 Å². The van der Waals surface area contributed by atoms with Gasteiger partial charge in [-0.25, -0.2) is 4.39 Å². The Morgan fingerprint density at radius 1 is 1.12 bits per heavy atom. The van der Waals surface area contributed by atoms with Crippen molar-refractivity contribution in [2.45, 2.75) is 62.5 Å². The third-order valence-electron chi connectivity index (χ3n) is 7.30. The largest absolute Gasteiger partial charge is 0.435 e. The summed E-state index contributed by atoms with van der Waals surface area (Å²) in [5.41, 5.74) is -2.44. The molecule has 0 saturated carbocycles. The van der Waals surface area contributed by atoms with Crippen LogP contribution in [0.3, 0.4) is 0 Å². The number of hydrogen-bond donors (Lipinski definition) is 1. The second-order valence-corrected chi connectivity index (χ2v) is 11.8. The molecule has 16 heteroatoms. The SMILES string of the molecule is O=C(NC1CCN(CC(F)(F)F)C1=O)c1sc(C2=NOC(c3cc(Cl)c(F)c(Cl)c3)(C(F)(F)F)C2)c2c1CCCC2. The first-order chi connectivity index (χ1) is 19.1. The van der Waals surface area contributed by atoms with Crippen LogP contribution in [0.1, 0.15) is 56.9 Å². The van der Waals surface area contributed by atoms with E-state index in [9.17, 15) is 40.3 Å². The Hall–Kier alpha value is -2.58. The maximum atomic E-state index is 14.5. The van der Waals surface area contributed by atoms with Crippen molar-refractivity contribution >= 4 is 52.1 Å². The number of likely N-dealkylation sites (tertiary alicyclic amines) is 1. The van der Waals surface area contributed by atoms with E-state index >= 15 is 0 Å². The molecule has 3 aliphatic rings. The molecule has 41 heavy (non-hydrogen) atoms. The molecule has 6 nitrogen and oxygen atoms in total. The Kier molecular flexibility index (Phi) is 7.73. The van der Waals surface area contributed by atoms with Crippen molar-refractivity contribution in [2.24, 2.45) is 5.16 Å². The lowest BCUT2D eigenvalue weighted by molar-refractivity contribution is -0.275. The second kappa shape index (κ2) is 10.6. The Balaban J connectivity index is 1.44. The van der Waals surface area contributed by atoms with E-state index in [1.165, 1.54) is 0 Å². The number of benzene rings is 1. The lowest BCUT2D eigenvalue weighted by atomic mass is 9.85. The number of oxime groups is 1. The zero-order chi connectivity index (χ0) is 29.9. The number of alkyl halides is 6. The molecule has 2 aliphatic heterocycles. The summed E-state index contributed by atoms with van der Waals surface area (Å²) in [6, 6.07) is 0.392. The minimum Gasteiger partial charge on any atom is -0.374 e. The topological polar surface area (TPSA) is 71.0 Å². The van der Waals surface area contributed by atoms with Gasteiger partial charge in [-0.05, 0) is 55.4 Å². The summed E-state index contributed by atoms with van der Waals surface area (Å²) in [6.07, 6.45) is -8.14. The van der Waals surface area contributed by atoms with Gasteiger partial charge in [0.2, 0.25) is 5.91 Å². The van der Waals surface area contributed by atoms with Gasteiger partial charge in [0.1, 0.15) is 18.3 Å². The molecule has 2 amide bonds. The molecule has 3 heterocycles. The van der Waals surface area contributed by atoms with Crippen LogP contribution < -0.4 is 5.32 Å². The number of hydrogen-bond acceptors (Lipinski definition) is 5. The van der Waals surface area contributed by atoms with E-state index in [0.29, 0.717) is 46.6 Å². The number of halogens is 9. The molecule has 1 N–H and O–H groups in total. The molecule has 222 valence electrons. The Morgan fingerprint density at radius 2 is 1.76 bits per heavy atom. The van der Waals surface area contributed by atoms with Crippen LogP contribution in [0.2, 0.25) is 10.0 Å². The van der Waals surface area contributed by atoms with Crippen molar-refractivity contribution in [1.29, 1.82) is 0 Å². The molecule has 1 aromatic heterocycles. The molecular weight excluding hydrogens is 626 g/mol. The number of fused-ring (bicyclic) bond motifs is 1. The van der Waals surface area contributed by atoms with Crippen LogP contribution >= 0.6 is 34.5 Å². The highest BCUT2D eigenvalue weighted by Gasteiger charge is 2.63. The molecule has 1 fully saturated rings. The molecule has 2 atom stereocenters. The molecule has 0 radical (unpaired) electrons. The highest BCUT2D eigenvalue weighted by Crippen LogP contribution is 2.51. The lowest BCUT2D eigenvalue weighted by Gasteiger charge is -2.29. The predicted octanol–water partition coefficient (Wildman–Crippen LogP) is 6.55. The molecule has 2 unspecified atom stereocenters. The molecule has 0 bridgehead atoms. The molecule has 1 saturated heterocycles. The molecule has 1 aliphatic carbocycles. The normalized spacial score (nSPS) is 23.0. The van der Waals surface area contributed by atoms with Gasteiger partial charge in [0.05, 0.1) is 26.2 Å². The van der Waals surface area contributed by atoms with E-state index < -0.39 is 70.2 Å². The third kappa shape index (κ3) is 5.50. The van der Waals surface area contributed by atoms with Crippen LogP contribution in [0.25, 0.3) is 0 Å². The zero-order valence-electron chi connectivity index (χ0n) is 20.8. The highest BCUT2D eigenvalue weighted by atomic mass is 35.5. The van der Waals surface area contributed by atoms with E-state index in [1.807, 2.05) is 0 Å². The van der Waals surface area contributed by atoms with E-state index in [4.69, 9.17) is 28.0 Å². The quantitative estimate of drug-likeness (QED) is 0.296. The van der Waals surface area contributed by atoms with Gasteiger partial charge in [-0.2, -0.15) is 26.3 Å². The summed E-state index contributed by atoms with van der Waals surface area (Å²) in [5.74, 6) is -2.65. The van der Waals surface area contributed by atoms with Gasteiger partial charge < -0.3 is 15.1 Å². The Morgan fingerprint density at radius 3 is 2.37 bits per heavy atom. The van der Waals surface area contributed by atoms with E-state index in [2.05, 4.69) is 10.5 Å². The van der Waals surface area contributed by atoms with Crippen LogP contribution in [0.5, 0.6) is 0 Å². The number of thiophene rings is 1. The summed E-state index contributed by atoms with van der Waals surface area (Å²) < 4.78 is 95.7. The fraction of sp³-hybridized carbons (Fsp3) is 0.480. The first-order valence-electron chi connectivity index (χ1n) is 12.4. The van der Waals surface area contributed by atoms with Gasteiger partial charge >= 0.3 is 12.4 Å². The Labute approximate surface area is 242 Å². The predicted molar refractivity (Wildman–Crippen MR) is 136 cm³/mol. The molecule has 5 rings (SSSR count). The van der Waals surface area contributed by atoms with Gasteiger partial charge in [-0.3, -0.25) is 9.59 Å². The zero-order valence-corrected chi connectivity index (χ0v) is 23.1. The maximum Gasteiger partial charge on any atom is 0.435 e. The average Bonchev–Trinajstić information content (AvgIpc) is 3.58. The highest BCUT2D eigenvalue weighted by molar-refractivity contribution is 7.16. The standard InChI is InChI=1S/C25H20Cl2F7N3O3S/c26-14-7-11(8-15(27)18(14)28)23(25(32,33)34)9-17(36-40-23)19-12-3-1-2-4-13(12)20(41-19)21(38)35-16-5-6-37(22(16)39)10-24(29,30)31/h7-8,16H,1-6,9-10H2,(H,35,38). The summed E-state index contributed by atoms with van der Waals surface area (Å²) in [7, 11) is 0. The third-order valence-corrected chi connectivity index (χ3v) is 9.17. The number of nitrogens with zero attached hydrogens (tertiary/aromatic N) is 2. The van der Waals surface area contributed by atoms with Crippen LogP contribution in [-0.4, -0.2) is 53.9 Å². The van der Waals surface area contributed by atoms with Crippen molar-refractivity contribution in [3.05, 3.63) is 54.4 Å². The van der Waals surface area contributed by atoms with Crippen LogP contribution in [0.15, 0.2) is 17.3 Å². The van der Waals surface area contributed by atoms with Gasteiger partial charge in [0, 0.05) is 12.1 Å². The van der Waals surface area contributed by atoms with Gasteiger partial charge in [0.15, 0.2) is 5.82 Å². The first-order valence-corrected chi connectivity index (χ1v) is 14.0. The minimum absolute atomic E-state index is 0.0154. The maximum absolute atomic E-state index is 14.5. The van der Waals surface area contributed by atoms with E-state index in [-0.39, 0.29) is 23.6 Å². The van der Waals surface area contributed by atoms with Gasteiger partial charge in [0.25, 0.3) is 11.5 Å². The van der Waals surface area contributed by atoms with Crippen LogP contribution in [0, 0.1) is 5.82 Å². The van der Waals surface area contributed by atoms with Crippen molar-refractivity contribution in [3.63, 3.8) is 0 Å². The average molecular weight is 646 g/mol. The Bertz CT molecular complexity index is 1420. The number of nitrogens with one attached hydrogen (secondary N) is 1. The molecular formula is C25H20Cl2F7N3O3S. The number of rotatable bonds is 5. The minimum atomic E-state index is -5.02. The summed E-state index contributed by atoms with van der Waals surface area (Å²) in [6.45, 7) is -1.61. The lowest BCUT2D eigenvalue weighted by Crippen LogP contribution is -2.43. The molecule has 2 aromatic rings. The van der Waals surface area contributed by atoms with Crippen molar-refractivity contribution in [1.82, 2.24) is 10.2 Å². The number of carbonyl (C=O) groups excluding carboxylic acids is 2. The number of carbonyl (C=O) groups is 2. The smallest absolute Gasteiger partial charge is 0.374 e. The summed E-state index contributed by atoms with van der Waals surface area (Å²) in [5, 5.41) is 4.99. The first kappa shape index (κ1) is 29.9. The summed E-state index contributed by atoms with van der Waals surface area (Å²) >= 11 is 12.4. The van der Waals surface area contributed by atoms with Gasteiger partial charge in [-0.15, -0.1) is 11.3 Å². The monoisotopic (exact) mass is 645 g/mol.